The van der Waals surface area contributed by atoms with Gasteiger partial charge in [0, 0.05) is 101 Å². The molecule has 1 atom stereocenters. The maximum atomic E-state index is 13.1. The molecule has 2 aromatic carbocycles. The number of imide groups is 1. The van der Waals surface area contributed by atoms with Gasteiger partial charge in [0.2, 0.25) is 17.8 Å². The van der Waals surface area contributed by atoms with Crippen LogP contribution < -0.4 is 20.4 Å². The lowest BCUT2D eigenvalue weighted by Crippen LogP contribution is -2.49. The fourth-order valence-electron chi connectivity index (χ4n) is 8.74. The summed E-state index contributed by atoms with van der Waals surface area (Å²) in [5.74, 6) is 0.651. The number of amides is 3. The Morgan fingerprint density at radius 2 is 1.51 bits per heavy atom. The molecule has 1 unspecified atom stereocenters. The van der Waals surface area contributed by atoms with Crippen LogP contribution in [0.2, 0.25) is 0 Å². The predicted molar refractivity (Wildman–Crippen MR) is 208 cm³/mol. The Hall–Kier alpha value is -4.97. The van der Waals surface area contributed by atoms with Gasteiger partial charge in [-0.3, -0.25) is 24.6 Å². The molecule has 0 spiro atoms. The van der Waals surface area contributed by atoms with E-state index in [1.165, 1.54) is 37.1 Å². The molecule has 3 aliphatic heterocycles. The van der Waals surface area contributed by atoms with Crippen LogP contribution in [-0.2, 0) is 9.59 Å². The molecule has 4 aromatic rings. The van der Waals surface area contributed by atoms with E-state index in [9.17, 15) is 14.4 Å². The number of aromatic nitrogens is 3. The van der Waals surface area contributed by atoms with E-state index in [1.807, 2.05) is 12.3 Å². The first-order valence-corrected chi connectivity index (χ1v) is 19.4. The van der Waals surface area contributed by atoms with Gasteiger partial charge >= 0.3 is 0 Å². The number of hydrogen-bond acceptors (Lipinski definition) is 9. The molecule has 1 saturated carbocycles. The zero-order valence-electron chi connectivity index (χ0n) is 31.0. The number of benzene rings is 2. The molecule has 2 aromatic heterocycles. The third-order valence-corrected chi connectivity index (χ3v) is 11.8. The number of fused-ring (bicyclic) bond motifs is 1. The molecule has 12 nitrogen and oxygen atoms in total. The summed E-state index contributed by atoms with van der Waals surface area (Å²) >= 11 is 0. The fourth-order valence-corrected chi connectivity index (χ4v) is 8.74. The van der Waals surface area contributed by atoms with Crippen LogP contribution in [0.25, 0.3) is 11.0 Å². The zero-order chi connectivity index (χ0) is 36.5. The number of rotatable bonds is 9. The first kappa shape index (κ1) is 35.1. The Morgan fingerprint density at radius 1 is 0.849 bits per heavy atom. The fraction of sp³-hybridized carbons (Fsp3) is 0.488. The number of piperidine rings is 2. The van der Waals surface area contributed by atoms with Crippen LogP contribution in [0.5, 0.6) is 0 Å². The summed E-state index contributed by atoms with van der Waals surface area (Å²) in [6, 6.07) is 19.2. The van der Waals surface area contributed by atoms with Crippen molar-refractivity contribution in [1.29, 1.82) is 0 Å². The minimum absolute atomic E-state index is 0.00396. The third kappa shape index (κ3) is 7.60. The van der Waals surface area contributed by atoms with Gasteiger partial charge in [-0.1, -0.05) is 25.0 Å². The highest BCUT2D eigenvalue weighted by Crippen LogP contribution is 2.35. The van der Waals surface area contributed by atoms with Gasteiger partial charge in [0.15, 0.2) is 0 Å². The van der Waals surface area contributed by atoms with E-state index in [1.54, 1.807) is 19.0 Å². The molecule has 2 N–H and O–H groups in total. The van der Waals surface area contributed by atoms with E-state index in [0.29, 0.717) is 30.4 Å². The second-order valence-corrected chi connectivity index (χ2v) is 15.5. The van der Waals surface area contributed by atoms with Crippen molar-refractivity contribution in [3.63, 3.8) is 0 Å². The first-order valence-electron chi connectivity index (χ1n) is 19.4. The second kappa shape index (κ2) is 15.2. The quantitative estimate of drug-likeness (QED) is 0.215. The van der Waals surface area contributed by atoms with Crippen LogP contribution in [0.15, 0.2) is 60.8 Å². The summed E-state index contributed by atoms with van der Waals surface area (Å²) < 4.78 is 2.15. The van der Waals surface area contributed by atoms with Gasteiger partial charge in [0.25, 0.3) is 5.91 Å². The minimum Gasteiger partial charge on any atom is -0.372 e. The van der Waals surface area contributed by atoms with E-state index >= 15 is 0 Å². The molecule has 4 fully saturated rings. The van der Waals surface area contributed by atoms with Crippen molar-refractivity contribution in [2.45, 2.75) is 63.3 Å². The van der Waals surface area contributed by atoms with E-state index in [0.717, 1.165) is 80.9 Å². The molecule has 5 heterocycles. The number of piperazine rings is 1. The summed E-state index contributed by atoms with van der Waals surface area (Å²) in [7, 11) is 3.59. The lowest BCUT2D eigenvalue weighted by Gasteiger charge is -2.40. The molecule has 53 heavy (non-hydrogen) atoms. The number of anilines is 4. The largest absolute Gasteiger partial charge is 0.372 e. The van der Waals surface area contributed by atoms with Crippen LogP contribution in [0.3, 0.4) is 0 Å². The summed E-state index contributed by atoms with van der Waals surface area (Å²) in [5, 5.41) is 6.77. The summed E-state index contributed by atoms with van der Waals surface area (Å²) in [6.45, 7) is 7.40. The van der Waals surface area contributed by atoms with Crippen LogP contribution in [0, 0.1) is 5.92 Å². The lowest BCUT2D eigenvalue weighted by atomic mass is 9.90. The van der Waals surface area contributed by atoms with Crippen LogP contribution >= 0.6 is 0 Å². The molecule has 12 heteroatoms. The van der Waals surface area contributed by atoms with Gasteiger partial charge in [-0.05, 0) is 86.1 Å². The smallest absolute Gasteiger partial charge is 0.270 e. The Balaban J connectivity index is 0.815. The van der Waals surface area contributed by atoms with Crippen molar-refractivity contribution < 1.29 is 14.4 Å². The molecular formula is C41H51N9O3. The Labute approximate surface area is 311 Å². The standard InChI is InChI=1S/C41H51N9O3/c1-46(2)40(53)36-25-30-26-42-41(45-38(30)50(36)34-5-3-4-6-34)43-31-9-13-33(14-10-31)49-23-21-47(22-24-49)27-28-17-19-48(20-18-28)32-11-7-29(8-12-32)35-15-16-37(51)44-39(35)52/h7-14,25-26,28,34-35H,3-6,15-24,27H2,1-2H3,(H,42,43,45)(H,44,51,52). The lowest BCUT2D eigenvalue weighted by molar-refractivity contribution is -0.134. The Morgan fingerprint density at radius 3 is 2.17 bits per heavy atom. The maximum absolute atomic E-state index is 13.1. The third-order valence-electron chi connectivity index (χ3n) is 11.8. The summed E-state index contributed by atoms with van der Waals surface area (Å²) in [4.78, 5) is 55.6. The van der Waals surface area contributed by atoms with E-state index in [2.05, 4.69) is 83.4 Å². The molecule has 3 saturated heterocycles. The monoisotopic (exact) mass is 717 g/mol. The summed E-state index contributed by atoms with van der Waals surface area (Å²) in [5.41, 5.74) is 5.87. The molecule has 3 amide bonds. The maximum Gasteiger partial charge on any atom is 0.270 e. The van der Waals surface area contributed by atoms with Crippen molar-refractivity contribution in [3.05, 3.63) is 72.1 Å². The molecule has 4 aliphatic rings. The van der Waals surface area contributed by atoms with Crippen molar-refractivity contribution in [2.24, 2.45) is 5.92 Å². The topological polar surface area (TPSA) is 119 Å². The molecule has 0 radical (unpaired) electrons. The van der Waals surface area contributed by atoms with Crippen LogP contribution in [0.1, 0.15) is 79.4 Å². The zero-order valence-corrected chi connectivity index (χ0v) is 31.0. The molecule has 8 rings (SSSR count). The average molecular weight is 718 g/mol. The highest BCUT2D eigenvalue weighted by molar-refractivity contribution is 6.01. The van der Waals surface area contributed by atoms with E-state index < -0.39 is 0 Å². The van der Waals surface area contributed by atoms with Crippen molar-refractivity contribution in [3.8, 4) is 0 Å². The number of nitrogens with zero attached hydrogens (tertiary/aromatic N) is 7. The molecule has 278 valence electrons. The Bertz CT molecular complexity index is 1940. The predicted octanol–water partition coefficient (Wildman–Crippen LogP) is 5.55. The normalized spacial score (nSPS) is 20.6. The average Bonchev–Trinajstić information content (AvgIpc) is 3.84. The van der Waals surface area contributed by atoms with E-state index in [4.69, 9.17) is 4.98 Å². The van der Waals surface area contributed by atoms with Crippen LogP contribution in [0.4, 0.5) is 23.0 Å². The van der Waals surface area contributed by atoms with Gasteiger partial charge in [-0.2, -0.15) is 4.98 Å². The van der Waals surface area contributed by atoms with Gasteiger partial charge in [0.05, 0.1) is 5.92 Å². The molecule has 1 aliphatic carbocycles. The van der Waals surface area contributed by atoms with Gasteiger partial charge < -0.3 is 24.6 Å². The second-order valence-electron chi connectivity index (χ2n) is 15.5. The first-order chi connectivity index (χ1) is 25.8. The molecule has 0 bridgehead atoms. The minimum atomic E-state index is -0.233. The van der Waals surface area contributed by atoms with E-state index in [-0.39, 0.29) is 29.7 Å². The van der Waals surface area contributed by atoms with Crippen molar-refractivity contribution in [2.75, 3.05) is 75.0 Å². The van der Waals surface area contributed by atoms with Crippen molar-refractivity contribution in [1.82, 2.24) is 29.7 Å². The van der Waals surface area contributed by atoms with Crippen molar-refractivity contribution >= 4 is 51.8 Å². The van der Waals surface area contributed by atoms with Crippen LogP contribution in [-0.4, -0.2) is 102 Å². The number of hydrogen-bond donors (Lipinski definition) is 2. The SMILES string of the molecule is CN(C)C(=O)c1cc2cnc(Nc3ccc(N4CCN(CC5CCN(c6ccc(C7CCC(=O)NC7=O)cc6)CC5)CC4)cc3)nc2n1C1CCCC1. The van der Waals surface area contributed by atoms with Gasteiger partial charge in [-0.25, -0.2) is 4.98 Å². The van der Waals surface area contributed by atoms with Gasteiger partial charge in [0.1, 0.15) is 11.3 Å². The number of carbonyl (C=O) groups excluding carboxylic acids is 3. The number of carbonyl (C=O) groups is 3. The highest BCUT2D eigenvalue weighted by atomic mass is 16.2. The number of nitrogens with one attached hydrogen (secondary N) is 2. The summed E-state index contributed by atoms with van der Waals surface area (Å²) in [6.07, 6.45) is 9.65. The molecular weight excluding hydrogens is 667 g/mol. The Kier molecular flexibility index (Phi) is 10.0. The highest BCUT2D eigenvalue weighted by Gasteiger charge is 2.29. The van der Waals surface area contributed by atoms with Gasteiger partial charge in [-0.15, -0.1) is 0 Å².